The van der Waals surface area contributed by atoms with Gasteiger partial charge in [-0.2, -0.15) is 0 Å². The van der Waals surface area contributed by atoms with Crippen molar-refractivity contribution in [1.82, 2.24) is 19.4 Å². The summed E-state index contributed by atoms with van der Waals surface area (Å²) >= 11 is 0. The first-order valence-corrected chi connectivity index (χ1v) is 10.0. The SMILES string of the molecule is CCCn1cc(CN2CCOCC2)c2cc(-c3cc(C(=O)OC)ccn3)ncc21. The van der Waals surface area contributed by atoms with Gasteiger partial charge >= 0.3 is 5.97 Å². The Kier molecular flexibility index (Phi) is 5.87. The molecule has 3 aromatic rings. The molecule has 0 atom stereocenters. The summed E-state index contributed by atoms with van der Waals surface area (Å²) in [6.07, 6.45) is 6.83. The number of hydrogen-bond donors (Lipinski definition) is 0. The van der Waals surface area contributed by atoms with E-state index in [0.717, 1.165) is 57.0 Å². The molecule has 0 saturated carbocycles. The predicted octanol–water partition coefficient (Wildman–Crippen LogP) is 3.13. The van der Waals surface area contributed by atoms with Gasteiger partial charge in [-0.05, 0) is 30.2 Å². The topological polar surface area (TPSA) is 69.5 Å². The third kappa shape index (κ3) is 4.16. The number of ether oxygens (including phenoxy) is 2. The number of aromatic nitrogens is 3. The third-order valence-corrected chi connectivity index (χ3v) is 5.26. The minimum absolute atomic E-state index is 0.378. The Morgan fingerprint density at radius 1 is 1.21 bits per heavy atom. The molecule has 7 nitrogen and oxygen atoms in total. The molecule has 152 valence electrons. The van der Waals surface area contributed by atoms with E-state index in [-0.39, 0.29) is 5.97 Å². The summed E-state index contributed by atoms with van der Waals surface area (Å²) in [4.78, 5) is 23.3. The lowest BCUT2D eigenvalue weighted by Crippen LogP contribution is -2.35. The van der Waals surface area contributed by atoms with Crippen molar-refractivity contribution >= 4 is 16.9 Å². The molecule has 1 fully saturated rings. The smallest absolute Gasteiger partial charge is 0.337 e. The highest BCUT2D eigenvalue weighted by molar-refractivity contribution is 5.91. The largest absolute Gasteiger partial charge is 0.465 e. The summed E-state index contributed by atoms with van der Waals surface area (Å²) in [5, 5.41) is 1.18. The summed E-state index contributed by atoms with van der Waals surface area (Å²) in [6, 6.07) is 5.46. The summed E-state index contributed by atoms with van der Waals surface area (Å²) in [6.45, 7) is 7.47. The van der Waals surface area contributed by atoms with Crippen LogP contribution in [0.25, 0.3) is 22.3 Å². The zero-order chi connectivity index (χ0) is 20.2. The Labute approximate surface area is 170 Å². The predicted molar refractivity (Wildman–Crippen MR) is 111 cm³/mol. The molecule has 0 aromatic carbocycles. The summed E-state index contributed by atoms with van der Waals surface area (Å²) in [7, 11) is 1.38. The Hall–Kier alpha value is -2.77. The minimum atomic E-state index is -0.378. The van der Waals surface area contributed by atoms with Crippen molar-refractivity contribution in [2.45, 2.75) is 26.4 Å². The fourth-order valence-corrected chi connectivity index (χ4v) is 3.77. The number of fused-ring (bicyclic) bond motifs is 1. The van der Waals surface area contributed by atoms with E-state index in [2.05, 4.69) is 38.6 Å². The van der Waals surface area contributed by atoms with E-state index in [4.69, 9.17) is 9.47 Å². The number of carbonyl (C=O) groups excluding carboxylic acids is 1. The summed E-state index contributed by atoms with van der Waals surface area (Å²) in [5.41, 5.74) is 4.29. The van der Waals surface area contributed by atoms with E-state index in [1.165, 1.54) is 18.1 Å². The maximum atomic E-state index is 11.9. The van der Waals surface area contributed by atoms with Crippen LogP contribution in [0.1, 0.15) is 29.3 Å². The van der Waals surface area contributed by atoms with E-state index in [1.54, 1.807) is 18.3 Å². The van der Waals surface area contributed by atoms with Crippen LogP contribution in [0.15, 0.2) is 36.8 Å². The monoisotopic (exact) mass is 394 g/mol. The van der Waals surface area contributed by atoms with Crippen LogP contribution in [0.2, 0.25) is 0 Å². The lowest BCUT2D eigenvalue weighted by atomic mass is 10.1. The molecule has 0 unspecified atom stereocenters. The lowest BCUT2D eigenvalue weighted by Gasteiger charge is -2.26. The molecule has 1 aliphatic rings. The molecule has 7 heteroatoms. The van der Waals surface area contributed by atoms with Crippen molar-refractivity contribution < 1.29 is 14.3 Å². The van der Waals surface area contributed by atoms with Gasteiger partial charge in [-0.25, -0.2) is 4.79 Å². The van der Waals surface area contributed by atoms with Crippen LogP contribution in [-0.4, -0.2) is 58.8 Å². The van der Waals surface area contributed by atoms with Gasteiger partial charge < -0.3 is 14.0 Å². The second-order valence-corrected chi connectivity index (χ2v) is 7.24. The average molecular weight is 394 g/mol. The number of hydrogen-bond acceptors (Lipinski definition) is 6. The molecule has 0 N–H and O–H groups in total. The number of aryl methyl sites for hydroxylation is 1. The first kappa shape index (κ1) is 19.5. The molecule has 0 spiro atoms. The molecule has 29 heavy (non-hydrogen) atoms. The van der Waals surface area contributed by atoms with Crippen LogP contribution >= 0.6 is 0 Å². The molecule has 3 aromatic heterocycles. The van der Waals surface area contributed by atoms with Crippen molar-refractivity contribution in [2.75, 3.05) is 33.4 Å². The maximum Gasteiger partial charge on any atom is 0.337 e. The van der Waals surface area contributed by atoms with Crippen molar-refractivity contribution in [3.63, 3.8) is 0 Å². The zero-order valence-corrected chi connectivity index (χ0v) is 16.9. The molecule has 0 bridgehead atoms. The van der Waals surface area contributed by atoms with Crippen LogP contribution in [-0.2, 0) is 22.6 Å². The van der Waals surface area contributed by atoms with Crippen molar-refractivity contribution in [3.8, 4) is 11.4 Å². The van der Waals surface area contributed by atoms with Gasteiger partial charge in [-0.1, -0.05) is 6.92 Å². The van der Waals surface area contributed by atoms with Gasteiger partial charge in [0.2, 0.25) is 0 Å². The van der Waals surface area contributed by atoms with Gasteiger partial charge in [-0.3, -0.25) is 14.9 Å². The third-order valence-electron chi connectivity index (χ3n) is 5.26. The van der Waals surface area contributed by atoms with Crippen molar-refractivity contribution in [3.05, 3.63) is 47.9 Å². The second kappa shape index (κ2) is 8.71. The normalized spacial score (nSPS) is 15.0. The maximum absolute atomic E-state index is 11.9. The van der Waals surface area contributed by atoms with Gasteiger partial charge in [0.15, 0.2) is 0 Å². The quantitative estimate of drug-likeness (QED) is 0.599. The molecule has 4 heterocycles. The van der Waals surface area contributed by atoms with Crippen LogP contribution < -0.4 is 0 Å². The molecular formula is C22H26N4O3. The standard InChI is InChI=1S/C22H26N4O3/c1-3-6-26-15-17(14-25-7-9-29-10-8-25)18-12-20(24-13-21(18)26)19-11-16(4-5-23-19)22(27)28-2/h4-5,11-13,15H,3,6-10,14H2,1-2H3. The minimum Gasteiger partial charge on any atom is -0.465 e. The van der Waals surface area contributed by atoms with Crippen LogP contribution in [0.3, 0.4) is 0 Å². The number of rotatable bonds is 6. The van der Waals surface area contributed by atoms with Gasteiger partial charge in [0.1, 0.15) is 0 Å². The summed E-state index contributed by atoms with van der Waals surface area (Å²) in [5.74, 6) is -0.378. The number of pyridine rings is 2. The molecule has 1 saturated heterocycles. The molecule has 0 amide bonds. The Balaban J connectivity index is 1.73. The van der Waals surface area contributed by atoms with Crippen molar-refractivity contribution in [2.24, 2.45) is 0 Å². The molecule has 4 rings (SSSR count). The number of morpholine rings is 1. The lowest BCUT2D eigenvalue weighted by molar-refractivity contribution is 0.0343. The Morgan fingerprint density at radius 3 is 2.76 bits per heavy atom. The highest BCUT2D eigenvalue weighted by Gasteiger charge is 2.17. The first-order chi connectivity index (χ1) is 14.2. The molecule has 0 aliphatic carbocycles. The van der Waals surface area contributed by atoms with E-state index < -0.39 is 0 Å². The number of esters is 1. The van der Waals surface area contributed by atoms with E-state index in [0.29, 0.717) is 11.3 Å². The number of nitrogens with zero attached hydrogens (tertiary/aromatic N) is 4. The highest BCUT2D eigenvalue weighted by atomic mass is 16.5. The van der Waals surface area contributed by atoms with Crippen molar-refractivity contribution in [1.29, 1.82) is 0 Å². The average Bonchev–Trinajstić information content (AvgIpc) is 3.10. The first-order valence-electron chi connectivity index (χ1n) is 10.0. The highest BCUT2D eigenvalue weighted by Crippen LogP contribution is 2.27. The summed E-state index contributed by atoms with van der Waals surface area (Å²) < 4.78 is 12.6. The zero-order valence-electron chi connectivity index (χ0n) is 16.9. The molecular weight excluding hydrogens is 368 g/mol. The fraction of sp³-hybridized carbons (Fsp3) is 0.409. The fourth-order valence-electron chi connectivity index (χ4n) is 3.77. The number of methoxy groups -OCH3 is 1. The van der Waals surface area contributed by atoms with Gasteiger partial charge in [0.25, 0.3) is 0 Å². The van der Waals surface area contributed by atoms with Gasteiger partial charge in [0, 0.05) is 44.0 Å². The molecule has 1 aliphatic heterocycles. The van der Waals surface area contributed by atoms with Crippen LogP contribution in [0, 0.1) is 0 Å². The van der Waals surface area contributed by atoms with E-state index in [1.807, 2.05) is 6.20 Å². The van der Waals surface area contributed by atoms with E-state index in [9.17, 15) is 4.79 Å². The van der Waals surface area contributed by atoms with Gasteiger partial charge in [-0.15, -0.1) is 0 Å². The molecule has 0 radical (unpaired) electrons. The Morgan fingerprint density at radius 2 is 2.00 bits per heavy atom. The number of carbonyl (C=O) groups is 1. The Bertz CT molecular complexity index is 1010. The van der Waals surface area contributed by atoms with E-state index >= 15 is 0 Å². The van der Waals surface area contributed by atoms with Crippen LogP contribution in [0.5, 0.6) is 0 Å². The van der Waals surface area contributed by atoms with Crippen LogP contribution in [0.4, 0.5) is 0 Å². The van der Waals surface area contributed by atoms with Gasteiger partial charge in [0.05, 0.1) is 49.0 Å². The second-order valence-electron chi connectivity index (χ2n) is 7.24.